The number of anilines is 2. The van der Waals surface area contributed by atoms with Crippen LogP contribution in [0, 0.1) is 6.92 Å². The first-order chi connectivity index (χ1) is 10.1. The summed E-state index contributed by atoms with van der Waals surface area (Å²) < 4.78 is 1.54. The molecule has 1 aromatic heterocycles. The van der Waals surface area contributed by atoms with Crippen molar-refractivity contribution < 1.29 is 0 Å². The summed E-state index contributed by atoms with van der Waals surface area (Å²) in [6.07, 6.45) is 5.98. The molecular formula is C15H18ClN5. The number of nitrogens with zero attached hydrogens (tertiary/aromatic N) is 4. The van der Waals surface area contributed by atoms with Gasteiger partial charge in [0.05, 0.1) is 23.1 Å². The highest BCUT2D eigenvalue weighted by Crippen LogP contribution is 2.25. The Morgan fingerprint density at radius 1 is 1.33 bits per heavy atom. The summed E-state index contributed by atoms with van der Waals surface area (Å²) in [5.41, 5.74) is 8.62. The lowest BCUT2D eigenvalue weighted by atomic mass is 10.2. The maximum absolute atomic E-state index is 6.35. The van der Waals surface area contributed by atoms with E-state index >= 15 is 0 Å². The van der Waals surface area contributed by atoms with Crippen molar-refractivity contribution in [2.45, 2.75) is 19.8 Å². The summed E-state index contributed by atoms with van der Waals surface area (Å²) in [6, 6.07) is 6.07. The van der Waals surface area contributed by atoms with E-state index in [0.29, 0.717) is 11.0 Å². The van der Waals surface area contributed by atoms with E-state index in [4.69, 9.17) is 17.3 Å². The fourth-order valence-corrected chi connectivity index (χ4v) is 2.74. The normalized spacial score (nSPS) is 15.2. The summed E-state index contributed by atoms with van der Waals surface area (Å²) in [7, 11) is 0. The molecule has 3 rings (SSSR count). The van der Waals surface area contributed by atoms with Crippen molar-refractivity contribution in [2.24, 2.45) is 5.10 Å². The van der Waals surface area contributed by atoms with E-state index < -0.39 is 0 Å². The van der Waals surface area contributed by atoms with Crippen LogP contribution in [0.3, 0.4) is 0 Å². The van der Waals surface area contributed by atoms with Crippen LogP contribution in [0.25, 0.3) is 0 Å². The maximum atomic E-state index is 6.35. The standard InChI is InChI=1S/C15H18ClN5/c1-11-10-21(15(17)19-11)18-9-12-4-5-13(8-14(12)16)20-6-2-3-7-20/h4-5,8-10H,2-3,6-7H2,1H3,(H2,17,19). The van der Waals surface area contributed by atoms with Crippen LogP contribution < -0.4 is 10.6 Å². The second-order valence-electron chi connectivity index (χ2n) is 5.23. The molecule has 1 fully saturated rings. The van der Waals surface area contributed by atoms with E-state index in [9.17, 15) is 0 Å². The third kappa shape index (κ3) is 3.03. The van der Waals surface area contributed by atoms with Gasteiger partial charge in [-0.15, -0.1) is 0 Å². The number of rotatable bonds is 3. The number of aryl methyl sites for hydroxylation is 1. The van der Waals surface area contributed by atoms with Crippen LogP contribution in [-0.4, -0.2) is 29.0 Å². The Hall–Kier alpha value is -2.01. The number of halogens is 1. The van der Waals surface area contributed by atoms with Gasteiger partial charge in [0.25, 0.3) is 0 Å². The third-order valence-electron chi connectivity index (χ3n) is 3.61. The quantitative estimate of drug-likeness (QED) is 0.887. The molecule has 1 aliphatic heterocycles. The van der Waals surface area contributed by atoms with Crippen LogP contribution in [0.4, 0.5) is 11.6 Å². The Morgan fingerprint density at radius 2 is 2.10 bits per heavy atom. The molecule has 21 heavy (non-hydrogen) atoms. The molecule has 110 valence electrons. The van der Waals surface area contributed by atoms with Crippen LogP contribution in [0.15, 0.2) is 29.5 Å². The van der Waals surface area contributed by atoms with E-state index in [-0.39, 0.29) is 0 Å². The first kappa shape index (κ1) is 13.9. The molecule has 0 unspecified atom stereocenters. The van der Waals surface area contributed by atoms with Gasteiger partial charge >= 0.3 is 0 Å². The van der Waals surface area contributed by atoms with Gasteiger partial charge in [-0.2, -0.15) is 5.10 Å². The highest BCUT2D eigenvalue weighted by atomic mass is 35.5. The van der Waals surface area contributed by atoms with Crippen LogP contribution >= 0.6 is 11.6 Å². The molecular weight excluding hydrogens is 286 g/mol. The molecule has 0 aliphatic carbocycles. The number of imidazole rings is 1. The van der Waals surface area contributed by atoms with Gasteiger partial charge in [-0.1, -0.05) is 11.6 Å². The third-order valence-corrected chi connectivity index (χ3v) is 3.94. The van der Waals surface area contributed by atoms with Crippen molar-refractivity contribution >= 4 is 29.5 Å². The first-order valence-electron chi connectivity index (χ1n) is 7.04. The zero-order valence-corrected chi connectivity index (χ0v) is 12.7. The average Bonchev–Trinajstić information content (AvgIpc) is 3.07. The summed E-state index contributed by atoms with van der Waals surface area (Å²) in [5, 5.41) is 4.98. The van der Waals surface area contributed by atoms with E-state index in [1.54, 1.807) is 17.1 Å². The number of hydrogen-bond acceptors (Lipinski definition) is 4. The predicted molar refractivity (Wildman–Crippen MR) is 87.3 cm³/mol. The molecule has 0 atom stereocenters. The van der Waals surface area contributed by atoms with Gasteiger partial charge < -0.3 is 10.6 Å². The van der Waals surface area contributed by atoms with Gasteiger partial charge in [0.15, 0.2) is 0 Å². The Bertz CT molecular complexity index is 671. The van der Waals surface area contributed by atoms with Gasteiger partial charge in [0.1, 0.15) is 0 Å². The second-order valence-corrected chi connectivity index (χ2v) is 5.64. The number of hydrogen-bond donors (Lipinski definition) is 1. The van der Waals surface area contributed by atoms with E-state index in [0.717, 1.165) is 24.3 Å². The molecule has 0 amide bonds. The van der Waals surface area contributed by atoms with Gasteiger partial charge in [-0.05, 0) is 38.0 Å². The molecule has 2 aromatic rings. The molecule has 1 saturated heterocycles. The summed E-state index contributed by atoms with van der Waals surface area (Å²) in [6.45, 7) is 4.09. The fourth-order valence-electron chi connectivity index (χ4n) is 2.51. The lowest BCUT2D eigenvalue weighted by Gasteiger charge is -2.18. The van der Waals surface area contributed by atoms with Crippen molar-refractivity contribution in [3.05, 3.63) is 40.7 Å². The molecule has 6 heteroatoms. The second kappa shape index (κ2) is 5.77. The topological polar surface area (TPSA) is 59.4 Å². The minimum Gasteiger partial charge on any atom is -0.371 e. The zero-order chi connectivity index (χ0) is 14.8. The minimum absolute atomic E-state index is 0.369. The van der Waals surface area contributed by atoms with Crippen molar-refractivity contribution in [3.8, 4) is 0 Å². The van der Waals surface area contributed by atoms with Crippen LogP contribution in [0.2, 0.25) is 5.02 Å². The van der Waals surface area contributed by atoms with Crippen molar-refractivity contribution in [3.63, 3.8) is 0 Å². The van der Waals surface area contributed by atoms with Gasteiger partial charge in [-0.25, -0.2) is 9.66 Å². The molecule has 0 spiro atoms. The number of nitrogens with two attached hydrogens (primary N) is 1. The van der Waals surface area contributed by atoms with E-state index in [2.05, 4.69) is 21.1 Å². The highest BCUT2D eigenvalue weighted by molar-refractivity contribution is 6.33. The monoisotopic (exact) mass is 303 g/mol. The molecule has 0 radical (unpaired) electrons. The van der Waals surface area contributed by atoms with E-state index in [1.807, 2.05) is 19.1 Å². The molecule has 1 aliphatic rings. The SMILES string of the molecule is Cc1cn(N=Cc2ccc(N3CCCC3)cc2Cl)c(N)n1. The van der Waals surface area contributed by atoms with Gasteiger partial charge in [0.2, 0.25) is 5.95 Å². The molecule has 5 nitrogen and oxygen atoms in total. The van der Waals surface area contributed by atoms with Crippen molar-refractivity contribution in [1.82, 2.24) is 9.66 Å². The van der Waals surface area contributed by atoms with Crippen LogP contribution in [-0.2, 0) is 0 Å². The smallest absolute Gasteiger partial charge is 0.221 e. The lowest BCUT2D eigenvalue weighted by molar-refractivity contribution is 0.897. The van der Waals surface area contributed by atoms with E-state index in [1.165, 1.54) is 18.5 Å². The predicted octanol–water partition coefficient (Wildman–Crippen LogP) is 2.91. The fraction of sp³-hybridized carbons (Fsp3) is 0.333. The van der Waals surface area contributed by atoms with Crippen molar-refractivity contribution in [2.75, 3.05) is 23.7 Å². The summed E-state index contributed by atoms with van der Waals surface area (Å²) >= 11 is 6.35. The van der Waals surface area contributed by atoms with Crippen LogP contribution in [0.5, 0.6) is 0 Å². The van der Waals surface area contributed by atoms with Crippen molar-refractivity contribution in [1.29, 1.82) is 0 Å². The minimum atomic E-state index is 0.369. The van der Waals surface area contributed by atoms with Gasteiger partial charge in [-0.3, -0.25) is 0 Å². The lowest BCUT2D eigenvalue weighted by Crippen LogP contribution is -2.17. The number of aromatic nitrogens is 2. The Kier molecular flexibility index (Phi) is 3.84. The number of nitrogen functional groups attached to an aromatic ring is 1. The average molecular weight is 304 g/mol. The largest absolute Gasteiger partial charge is 0.371 e. The summed E-state index contributed by atoms with van der Waals surface area (Å²) in [4.78, 5) is 6.45. The zero-order valence-electron chi connectivity index (χ0n) is 12.0. The number of benzene rings is 1. The maximum Gasteiger partial charge on any atom is 0.221 e. The summed E-state index contributed by atoms with van der Waals surface area (Å²) in [5.74, 6) is 0.369. The van der Waals surface area contributed by atoms with Gasteiger partial charge in [0, 0.05) is 24.3 Å². The van der Waals surface area contributed by atoms with Crippen LogP contribution in [0.1, 0.15) is 24.1 Å². The highest BCUT2D eigenvalue weighted by Gasteiger charge is 2.13. The molecule has 1 aromatic carbocycles. The Balaban J connectivity index is 1.81. The molecule has 2 heterocycles. The molecule has 0 bridgehead atoms. The molecule has 2 N–H and O–H groups in total. The molecule has 0 saturated carbocycles. The Labute approximate surface area is 129 Å². The Morgan fingerprint density at radius 3 is 2.71 bits per heavy atom. The first-order valence-corrected chi connectivity index (χ1v) is 7.41.